The zero-order chi connectivity index (χ0) is 103. The number of amides is 2. The first-order valence-corrected chi connectivity index (χ1v) is 36.3. The number of fused-ring (bicyclic) bond motifs is 5. The molecule has 1 saturated heterocycles. The van der Waals surface area contributed by atoms with Crippen LogP contribution in [0.1, 0.15) is 112 Å². The SMILES string of the molecule is CCC1=C(C)C2=NC1=CC1=C(C)C3=C(O)CC(=C4NC(=CC5=NC(=C2)C(CO)=C5C)[C@@H](C)[C@@H]4CCC(=O)CCN(CCCC(F)(F)C(F)(F)C(F)(F)C(F)(F)C(F)(F)C(F)(F)C(F)(F)C(F)(F)F)C(=O)CCN(CCCC(F)(F)C(F)(F)C(F)(F)C(F)(F)C(F)(F)C(F)(F)C(F)(F)C(F)(F)F)C(=O)CCC(F)(F)C(F)(F)C(F)(F)C(F)(F)C(F)(F)C(F)(F)C(F)(F)C(F)(F)F)C3=N1. The van der Waals surface area contributed by atoms with E-state index in [0.29, 0.717) is 40.1 Å². The molecule has 6 aliphatic rings. The van der Waals surface area contributed by atoms with Crippen LogP contribution < -0.4 is 5.32 Å². The molecule has 132 heavy (non-hydrogen) atoms. The molecule has 5 heterocycles. The zero-order valence-electron chi connectivity index (χ0n) is 65.5. The van der Waals surface area contributed by atoms with Crippen LogP contribution in [-0.4, -0.2) is 230 Å². The molecule has 0 unspecified atom stereocenters. The Morgan fingerprint density at radius 2 is 0.705 bits per heavy atom. The summed E-state index contributed by atoms with van der Waals surface area (Å²) in [5.74, 6) is -196. The number of rotatable bonds is 40. The molecule has 2 amide bonds. The Balaban J connectivity index is 1.45. The van der Waals surface area contributed by atoms with Gasteiger partial charge in [0.05, 0.1) is 40.8 Å². The summed E-state index contributed by atoms with van der Waals surface area (Å²) < 4.78 is 724. The maximum absolute atomic E-state index is 15.4. The van der Waals surface area contributed by atoms with E-state index in [-0.39, 0.29) is 56.7 Å². The maximum Gasteiger partial charge on any atom is 0.460 e. The number of hydrogen-bond donors (Lipinski definition) is 3. The number of carbonyl (C=O) groups excluding carboxylic acids is 3. The summed E-state index contributed by atoms with van der Waals surface area (Å²) in [6.07, 6.45) is -46.5. The number of Topliss-reactive ketones (excluding diaryl/α,β-unsaturated/α-hetero) is 1. The Hall–Kier alpha value is -8.47. The van der Waals surface area contributed by atoms with Gasteiger partial charge in [-0.15, -0.1) is 0 Å². The van der Waals surface area contributed by atoms with E-state index in [9.17, 15) is 196 Å². The van der Waals surface area contributed by atoms with E-state index in [0.717, 1.165) is 0 Å². The molecule has 0 aromatic rings. The molecule has 0 spiro atoms. The molecule has 1 aliphatic carbocycles. The van der Waals surface area contributed by atoms with Gasteiger partial charge in [-0.1, -0.05) is 13.8 Å². The fourth-order valence-electron chi connectivity index (χ4n) is 13.6. The fraction of sp³-hybridized carbons (Fsp3) is 0.686. The summed E-state index contributed by atoms with van der Waals surface area (Å²) in [7, 11) is 0. The Morgan fingerprint density at radius 1 is 0.386 bits per heavy atom. The van der Waals surface area contributed by atoms with Crippen LogP contribution in [0.3, 0.4) is 0 Å². The van der Waals surface area contributed by atoms with Gasteiger partial charge in [-0.2, -0.15) is 224 Å². The number of aliphatic hydroxyl groups is 2. The predicted molar refractivity (Wildman–Crippen MR) is 346 cm³/mol. The number of nitrogens with one attached hydrogen (secondary N) is 1. The van der Waals surface area contributed by atoms with Crippen molar-refractivity contribution < 1.29 is 249 Å². The number of halogens is 51. The first kappa shape index (κ1) is 112. The highest BCUT2D eigenvalue weighted by molar-refractivity contribution is 6.21. The summed E-state index contributed by atoms with van der Waals surface area (Å²) in [6, 6.07) is 0. The van der Waals surface area contributed by atoms with Crippen molar-refractivity contribution in [3.63, 3.8) is 0 Å². The highest BCUT2D eigenvalue weighted by Crippen LogP contribution is 2.69. The number of alkyl halides is 51. The van der Waals surface area contributed by atoms with Crippen molar-refractivity contribution in [1.29, 1.82) is 0 Å². The van der Waals surface area contributed by atoms with Crippen LogP contribution >= 0.6 is 0 Å². The van der Waals surface area contributed by atoms with E-state index in [4.69, 9.17) is 9.98 Å². The topological polar surface area (TPSA) is 147 Å². The van der Waals surface area contributed by atoms with Gasteiger partial charge in [0.1, 0.15) is 11.5 Å². The highest BCUT2D eigenvalue weighted by Gasteiger charge is 2.99. The van der Waals surface area contributed by atoms with Gasteiger partial charge < -0.3 is 25.3 Å². The molecule has 2 atom stereocenters. The van der Waals surface area contributed by atoms with Gasteiger partial charge in [0.25, 0.3) is 0 Å². The van der Waals surface area contributed by atoms with Crippen molar-refractivity contribution in [3.05, 3.63) is 91.5 Å². The zero-order valence-corrected chi connectivity index (χ0v) is 65.5. The Labute approximate surface area is 703 Å². The van der Waals surface area contributed by atoms with Gasteiger partial charge in [0.2, 0.25) is 11.8 Å². The van der Waals surface area contributed by atoms with Crippen molar-refractivity contribution >= 4 is 34.7 Å². The van der Waals surface area contributed by atoms with E-state index in [1.54, 1.807) is 13.8 Å². The van der Waals surface area contributed by atoms with Crippen LogP contribution in [0.15, 0.2) is 106 Å². The molecule has 0 saturated carbocycles. The molecule has 62 heteroatoms. The minimum Gasteiger partial charge on any atom is -0.511 e. The molecular formula is C70H57F51N6O5. The van der Waals surface area contributed by atoms with Gasteiger partial charge >= 0.3 is 143 Å². The molecule has 1 fully saturated rings. The first-order valence-electron chi connectivity index (χ1n) is 36.3. The lowest BCUT2D eigenvalue weighted by Gasteiger charge is -2.43. The summed E-state index contributed by atoms with van der Waals surface area (Å²) in [4.78, 5) is 54.2. The first-order chi connectivity index (χ1) is 58.5. The minimum atomic E-state index is -9.45. The van der Waals surface area contributed by atoms with Gasteiger partial charge in [0.15, 0.2) is 0 Å². The average molecular weight is 2030 g/mol. The number of nitrogens with zero attached hydrogens (tertiary/aromatic N) is 5. The second-order valence-corrected chi connectivity index (χ2v) is 30.2. The Bertz CT molecular complexity index is 4820. The molecule has 3 N–H and O–H groups in total. The molecule has 0 aromatic heterocycles. The van der Waals surface area contributed by atoms with E-state index >= 15 is 52.7 Å². The number of allylic oxidation sites excluding steroid dienone is 11. The standard InChI is InChI=1S/C70H57F51N6O5/c1-6-31-26(2)36-23-40-34(25-128)28(4)35(123-40)22-37-27(3)32(45(124-37)33-21-41(130)44-29(5)38(125-46(33)44)24-39(31)122-36)10-9-30(129)12-19-126(17-7-14-47(71,72)50(77,78)53(83,84)56(89,90)59(95,96)62(101,102)65(107,108)68(113,114)115)43(132)13-20-127(18-8-15-48(73,74)51(79,80)54(85,86)57(91,92)60(97,98)63(103,104)66(109,110)69(116,117)118)42(131)11-16-49(75,76)52(81,82)55(87,88)58(93,94)61(99,100)64(105,106)67(111,112)70(119,120)121/h22-24,27,32,124,128,130H,6-21,25H2,1-5H3/t27-,32-/m0/s1. The Kier molecular flexibility index (Phi) is 29.5. The third-order valence-electron chi connectivity index (χ3n) is 21.9. The number of ketones is 1. The number of carbonyl (C=O) groups is 3. The normalized spacial score (nSPS) is 19.2. The Morgan fingerprint density at radius 3 is 1.06 bits per heavy atom. The highest BCUT2D eigenvalue weighted by atomic mass is 19.5. The van der Waals surface area contributed by atoms with Crippen LogP contribution in [0.2, 0.25) is 0 Å². The van der Waals surface area contributed by atoms with Gasteiger partial charge in [-0.05, 0) is 87.0 Å². The lowest BCUT2D eigenvalue weighted by Crippen LogP contribution is -2.74. The second-order valence-electron chi connectivity index (χ2n) is 30.2. The van der Waals surface area contributed by atoms with Crippen LogP contribution in [0, 0.1) is 11.8 Å². The van der Waals surface area contributed by atoms with Gasteiger partial charge in [-0.25, -0.2) is 15.0 Å². The smallest absolute Gasteiger partial charge is 0.460 e. The predicted octanol–water partition coefficient (Wildman–Crippen LogP) is 23.8. The molecule has 0 radical (unpaired) electrons. The fourth-order valence-corrected chi connectivity index (χ4v) is 13.6. The molecule has 5 aliphatic heterocycles. The van der Waals surface area contributed by atoms with E-state index in [2.05, 4.69) is 10.3 Å². The molecular weight excluding hydrogens is 1970 g/mol. The molecule has 754 valence electrons. The third kappa shape index (κ3) is 17.3. The van der Waals surface area contributed by atoms with Crippen LogP contribution in [-0.2, 0) is 14.4 Å². The number of aliphatic hydroxyl groups excluding tert-OH is 2. The van der Waals surface area contributed by atoms with Crippen molar-refractivity contribution in [2.45, 2.75) is 255 Å². The van der Waals surface area contributed by atoms with E-state index in [1.165, 1.54) is 39.0 Å². The second kappa shape index (κ2) is 34.7. The van der Waals surface area contributed by atoms with Crippen LogP contribution in [0.4, 0.5) is 224 Å². The quantitative estimate of drug-likeness (QED) is 0.0521. The molecule has 8 bridgehead atoms. The molecule has 6 rings (SSSR count). The van der Waals surface area contributed by atoms with Crippen molar-refractivity contribution in [3.8, 4) is 0 Å². The van der Waals surface area contributed by atoms with E-state index in [1.807, 2.05) is 0 Å². The summed E-state index contributed by atoms with van der Waals surface area (Å²) in [5, 5.41) is 25.1. The lowest BCUT2D eigenvalue weighted by atomic mass is 9.85. The van der Waals surface area contributed by atoms with Gasteiger partial charge in [-0.3, -0.25) is 14.4 Å². The van der Waals surface area contributed by atoms with Gasteiger partial charge in [0, 0.05) is 117 Å². The molecule has 11 nitrogen and oxygen atoms in total. The van der Waals surface area contributed by atoms with Crippen molar-refractivity contribution in [1.82, 2.24) is 15.1 Å². The van der Waals surface area contributed by atoms with E-state index < -0.39 is 286 Å². The molecule has 0 aromatic carbocycles. The lowest BCUT2D eigenvalue weighted by molar-refractivity contribution is -0.461. The minimum absolute atomic E-state index is 0.0442. The monoisotopic (exact) mass is 2030 g/mol. The largest absolute Gasteiger partial charge is 0.511 e. The van der Waals surface area contributed by atoms with Crippen LogP contribution in [0.25, 0.3) is 0 Å². The summed E-state index contributed by atoms with van der Waals surface area (Å²) >= 11 is 0. The summed E-state index contributed by atoms with van der Waals surface area (Å²) in [6.45, 7) is -2.17. The van der Waals surface area contributed by atoms with Crippen molar-refractivity contribution in [2.75, 3.05) is 32.8 Å². The van der Waals surface area contributed by atoms with Crippen molar-refractivity contribution in [2.24, 2.45) is 26.8 Å². The third-order valence-corrected chi connectivity index (χ3v) is 21.9. The maximum atomic E-state index is 15.4. The number of aliphatic imine (C=N–C) groups is 3. The average Bonchev–Trinajstić information content (AvgIpc) is 0.922. The van der Waals surface area contributed by atoms with Crippen LogP contribution in [0.5, 0.6) is 0 Å². The summed E-state index contributed by atoms with van der Waals surface area (Å²) in [5.41, 5.74) is 3.77. The number of hydrogen-bond acceptors (Lipinski definition) is 9.